The first-order valence-electron chi connectivity index (χ1n) is 6.31. The number of nitrogen functional groups attached to an aromatic ring is 1. The molecule has 6 heteroatoms. The quantitative estimate of drug-likeness (QED) is 0.539. The molecule has 1 aromatic heterocycles. The second-order valence-corrected chi connectivity index (χ2v) is 4.06. The third-order valence-electron chi connectivity index (χ3n) is 3.01. The summed E-state index contributed by atoms with van der Waals surface area (Å²) in [7, 11) is 1.71. The van der Waals surface area contributed by atoms with Crippen LogP contribution in [-0.2, 0) is 4.74 Å². The molecule has 102 valence electrons. The molecule has 0 radical (unpaired) electrons. The number of nitrogens with two attached hydrogens (primary N) is 1. The number of nitrogens with zero attached hydrogens (tertiary/aromatic N) is 3. The van der Waals surface area contributed by atoms with Gasteiger partial charge in [-0.05, 0) is 12.8 Å². The Bertz CT molecular complexity index is 343. The molecule has 3 N–H and O–H groups in total. The van der Waals surface area contributed by atoms with E-state index in [1.165, 1.54) is 6.33 Å². The molecule has 1 rings (SSSR count). The van der Waals surface area contributed by atoms with Gasteiger partial charge >= 0.3 is 0 Å². The van der Waals surface area contributed by atoms with Crippen molar-refractivity contribution in [1.82, 2.24) is 9.97 Å². The predicted molar refractivity (Wildman–Crippen MR) is 73.4 cm³/mol. The number of ether oxygens (including phenoxy) is 1. The molecular weight excluding hydrogens is 230 g/mol. The summed E-state index contributed by atoms with van der Waals surface area (Å²) in [6.45, 7) is 5.84. The van der Waals surface area contributed by atoms with Crippen LogP contribution in [0.5, 0.6) is 0 Å². The average molecular weight is 253 g/mol. The van der Waals surface area contributed by atoms with Crippen molar-refractivity contribution in [3.63, 3.8) is 0 Å². The monoisotopic (exact) mass is 253 g/mol. The van der Waals surface area contributed by atoms with E-state index in [1.807, 2.05) is 6.07 Å². The molecule has 0 bridgehead atoms. The summed E-state index contributed by atoms with van der Waals surface area (Å²) in [4.78, 5) is 10.6. The van der Waals surface area contributed by atoms with E-state index in [2.05, 4.69) is 34.1 Å². The second kappa shape index (κ2) is 7.84. The van der Waals surface area contributed by atoms with Crippen molar-refractivity contribution in [3.05, 3.63) is 12.4 Å². The van der Waals surface area contributed by atoms with Crippen LogP contribution >= 0.6 is 0 Å². The molecule has 6 nitrogen and oxygen atoms in total. The molecule has 0 aromatic carbocycles. The lowest BCUT2D eigenvalue weighted by atomic mass is 10.1. The van der Waals surface area contributed by atoms with Crippen LogP contribution in [0.15, 0.2) is 12.4 Å². The van der Waals surface area contributed by atoms with Gasteiger partial charge in [0.25, 0.3) is 0 Å². The standard InChI is InChI=1S/C12H23N5O/c1-4-10(5-2)17(6-7-18-3)12-8-11(16-13)14-9-15-12/h8-10H,4-7,13H2,1-3H3,(H,14,15,16). The Kier molecular flexibility index (Phi) is 6.38. The molecule has 1 aromatic rings. The van der Waals surface area contributed by atoms with E-state index < -0.39 is 0 Å². The van der Waals surface area contributed by atoms with Gasteiger partial charge in [-0.25, -0.2) is 15.8 Å². The van der Waals surface area contributed by atoms with Crippen molar-refractivity contribution in [2.75, 3.05) is 30.6 Å². The third kappa shape index (κ3) is 3.82. The van der Waals surface area contributed by atoms with Gasteiger partial charge in [0.15, 0.2) is 0 Å². The number of anilines is 2. The number of hydrogen-bond donors (Lipinski definition) is 2. The summed E-state index contributed by atoms with van der Waals surface area (Å²) in [6, 6.07) is 2.30. The lowest BCUT2D eigenvalue weighted by Gasteiger charge is -2.31. The van der Waals surface area contributed by atoms with Gasteiger partial charge in [-0.15, -0.1) is 0 Å². The zero-order valence-corrected chi connectivity index (χ0v) is 11.4. The first kappa shape index (κ1) is 14.7. The highest BCUT2D eigenvalue weighted by molar-refractivity contribution is 5.48. The van der Waals surface area contributed by atoms with Gasteiger partial charge in [0.1, 0.15) is 18.0 Å². The SMILES string of the molecule is CCC(CC)N(CCOC)c1cc(NN)ncn1. The maximum atomic E-state index is 5.38. The average Bonchev–Trinajstić information content (AvgIpc) is 2.43. The maximum Gasteiger partial charge on any atom is 0.145 e. The Hall–Kier alpha value is -1.40. The topological polar surface area (TPSA) is 76.3 Å². The van der Waals surface area contributed by atoms with Crippen molar-refractivity contribution in [2.24, 2.45) is 5.84 Å². The summed E-state index contributed by atoms with van der Waals surface area (Å²) >= 11 is 0. The third-order valence-corrected chi connectivity index (χ3v) is 3.01. The molecule has 0 fully saturated rings. The highest BCUT2D eigenvalue weighted by atomic mass is 16.5. The molecule has 0 atom stereocenters. The fraction of sp³-hybridized carbons (Fsp3) is 0.667. The van der Waals surface area contributed by atoms with Gasteiger partial charge in [-0.3, -0.25) is 0 Å². The van der Waals surface area contributed by atoms with Gasteiger partial charge in [0.05, 0.1) is 6.61 Å². The second-order valence-electron chi connectivity index (χ2n) is 4.06. The lowest BCUT2D eigenvalue weighted by Crippen LogP contribution is -2.37. The number of aromatic nitrogens is 2. The number of nitrogens with one attached hydrogen (secondary N) is 1. The Morgan fingerprint density at radius 1 is 1.39 bits per heavy atom. The Morgan fingerprint density at radius 3 is 2.67 bits per heavy atom. The summed E-state index contributed by atoms with van der Waals surface area (Å²) in [5.74, 6) is 6.87. The molecule has 0 aliphatic heterocycles. The van der Waals surface area contributed by atoms with Crippen molar-refractivity contribution >= 4 is 11.6 Å². The number of hydrogen-bond acceptors (Lipinski definition) is 6. The first-order chi connectivity index (χ1) is 8.76. The molecular formula is C12H23N5O. The zero-order chi connectivity index (χ0) is 13.4. The molecule has 0 spiro atoms. The van der Waals surface area contributed by atoms with E-state index in [4.69, 9.17) is 10.6 Å². The van der Waals surface area contributed by atoms with Crippen LogP contribution in [0.25, 0.3) is 0 Å². The fourth-order valence-electron chi connectivity index (χ4n) is 1.99. The summed E-state index contributed by atoms with van der Waals surface area (Å²) < 4.78 is 5.16. The molecule has 0 aliphatic rings. The molecule has 0 saturated heterocycles. The van der Waals surface area contributed by atoms with E-state index in [0.29, 0.717) is 18.5 Å². The Balaban J connectivity index is 2.92. The molecule has 0 saturated carbocycles. The van der Waals surface area contributed by atoms with E-state index in [1.54, 1.807) is 7.11 Å². The summed E-state index contributed by atoms with van der Waals surface area (Å²) in [5, 5.41) is 0. The van der Waals surface area contributed by atoms with Crippen molar-refractivity contribution in [3.8, 4) is 0 Å². The number of methoxy groups -OCH3 is 1. The molecule has 18 heavy (non-hydrogen) atoms. The van der Waals surface area contributed by atoms with E-state index in [9.17, 15) is 0 Å². The summed E-state index contributed by atoms with van der Waals surface area (Å²) in [6.07, 6.45) is 3.65. The number of rotatable bonds is 8. The Labute approximate surface area is 109 Å². The van der Waals surface area contributed by atoms with E-state index >= 15 is 0 Å². The van der Waals surface area contributed by atoms with E-state index in [0.717, 1.165) is 25.2 Å². The molecule has 0 amide bonds. The molecule has 0 unspecified atom stereocenters. The summed E-state index contributed by atoms with van der Waals surface area (Å²) in [5.41, 5.74) is 2.54. The molecule has 1 heterocycles. The van der Waals surface area contributed by atoms with Crippen LogP contribution in [0, 0.1) is 0 Å². The Morgan fingerprint density at radius 2 is 2.11 bits per heavy atom. The number of hydrazine groups is 1. The first-order valence-corrected chi connectivity index (χ1v) is 6.31. The van der Waals surface area contributed by atoms with Crippen LogP contribution in [-0.4, -0.2) is 36.3 Å². The van der Waals surface area contributed by atoms with E-state index in [-0.39, 0.29) is 0 Å². The minimum absolute atomic E-state index is 0.445. The van der Waals surface area contributed by atoms with Crippen molar-refractivity contribution < 1.29 is 4.74 Å². The van der Waals surface area contributed by atoms with Gasteiger partial charge in [-0.2, -0.15) is 0 Å². The smallest absolute Gasteiger partial charge is 0.145 e. The fourth-order valence-corrected chi connectivity index (χ4v) is 1.99. The maximum absolute atomic E-state index is 5.38. The van der Waals surface area contributed by atoms with Gasteiger partial charge in [0.2, 0.25) is 0 Å². The van der Waals surface area contributed by atoms with Crippen LogP contribution in [0.2, 0.25) is 0 Å². The zero-order valence-electron chi connectivity index (χ0n) is 11.4. The van der Waals surface area contributed by atoms with Crippen LogP contribution in [0.3, 0.4) is 0 Å². The minimum Gasteiger partial charge on any atom is -0.383 e. The van der Waals surface area contributed by atoms with Gasteiger partial charge < -0.3 is 15.1 Å². The molecule has 0 aliphatic carbocycles. The lowest BCUT2D eigenvalue weighted by molar-refractivity contribution is 0.202. The van der Waals surface area contributed by atoms with Gasteiger partial charge in [-0.1, -0.05) is 13.8 Å². The van der Waals surface area contributed by atoms with Crippen molar-refractivity contribution in [2.45, 2.75) is 32.7 Å². The largest absolute Gasteiger partial charge is 0.383 e. The van der Waals surface area contributed by atoms with Crippen LogP contribution in [0.4, 0.5) is 11.6 Å². The van der Waals surface area contributed by atoms with Crippen LogP contribution in [0.1, 0.15) is 26.7 Å². The normalized spacial score (nSPS) is 10.7. The predicted octanol–water partition coefficient (Wildman–Crippen LogP) is 1.40. The van der Waals surface area contributed by atoms with Crippen molar-refractivity contribution in [1.29, 1.82) is 0 Å². The highest BCUT2D eigenvalue weighted by Crippen LogP contribution is 2.19. The minimum atomic E-state index is 0.445. The van der Waals surface area contributed by atoms with Gasteiger partial charge in [0, 0.05) is 25.8 Å². The van der Waals surface area contributed by atoms with Crippen LogP contribution < -0.4 is 16.2 Å². The highest BCUT2D eigenvalue weighted by Gasteiger charge is 2.17.